The summed E-state index contributed by atoms with van der Waals surface area (Å²) in [5.74, 6) is -0.438. The molecule has 0 fully saturated rings. The number of amides is 1. The van der Waals surface area contributed by atoms with Crippen LogP contribution in [0.5, 0.6) is 0 Å². The van der Waals surface area contributed by atoms with Gasteiger partial charge in [0.2, 0.25) is 0 Å². The van der Waals surface area contributed by atoms with Crippen molar-refractivity contribution in [3.05, 3.63) is 88.9 Å². The first-order chi connectivity index (χ1) is 12.9. The lowest BCUT2D eigenvalue weighted by atomic mass is 10.1. The zero-order valence-electron chi connectivity index (χ0n) is 14.4. The third-order valence-electron chi connectivity index (χ3n) is 3.92. The van der Waals surface area contributed by atoms with Crippen LogP contribution in [0.1, 0.15) is 15.9 Å². The topological polar surface area (TPSA) is 75.3 Å². The number of sulfonamides is 1. The smallest absolute Gasteiger partial charge is 0.261 e. The quantitative estimate of drug-likeness (QED) is 0.651. The molecule has 0 aliphatic heterocycles. The summed E-state index contributed by atoms with van der Waals surface area (Å²) in [4.78, 5) is 12.8. The predicted octanol–water partition coefficient (Wildman–Crippen LogP) is 4.70. The van der Waals surface area contributed by atoms with Crippen molar-refractivity contribution in [1.82, 2.24) is 0 Å². The van der Waals surface area contributed by atoms with Crippen molar-refractivity contribution in [3.63, 3.8) is 0 Å². The highest BCUT2D eigenvalue weighted by atomic mass is 35.5. The van der Waals surface area contributed by atoms with Gasteiger partial charge in [0.15, 0.2) is 0 Å². The van der Waals surface area contributed by atoms with E-state index in [9.17, 15) is 13.2 Å². The van der Waals surface area contributed by atoms with Crippen LogP contribution < -0.4 is 10.0 Å². The molecule has 3 aromatic carbocycles. The number of rotatable bonds is 5. The number of carbonyl (C=O) groups is 1. The van der Waals surface area contributed by atoms with Crippen LogP contribution in [0.3, 0.4) is 0 Å². The first-order valence-electron chi connectivity index (χ1n) is 8.11. The van der Waals surface area contributed by atoms with Crippen molar-refractivity contribution < 1.29 is 13.2 Å². The van der Waals surface area contributed by atoms with Crippen molar-refractivity contribution in [1.29, 1.82) is 0 Å². The maximum Gasteiger partial charge on any atom is 0.261 e. The minimum absolute atomic E-state index is 0.117. The Morgan fingerprint density at radius 3 is 2.30 bits per heavy atom. The van der Waals surface area contributed by atoms with Gasteiger partial charge >= 0.3 is 0 Å². The number of hydrogen-bond donors (Lipinski definition) is 2. The van der Waals surface area contributed by atoms with E-state index in [0.717, 1.165) is 5.56 Å². The summed E-state index contributed by atoms with van der Waals surface area (Å²) in [7, 11) is -3.81. The second kappa shape index (κ2) is 7.82. The maximum absolute atomic E-state index is 12.7. The number of anilines is 2. The normalized spacial score (nSPS) is 11.0. The van der Waals surface area contributed by atoms with E-state index in [4.69, 9.17) is 11.6 Å². The van der Waals surface area contributed by atoms with Crippen LogP contribution in [-0.4, -0.2) is 14.3 Å². The van der Waals surface area contributed by atoms with Gasteiger partial charge in [-0.15, -0.1) is 0 Å². The van der Waals surface area contributed by atoms with Crippen LogP contribution in [0.4, 0.5) is 11.4 Å². The molecular formula is C20H17ClN2O3S. The van der Waals surface area contributed by atoms with Crippen LogP contribution in [-0.2, 0) is 10.0 Å². The number of halogens is 1. The Hall–Kier alpha value is -2.83. The average Bonchev–Trinajstić information content (AvgIpc) is 2.65. The molecule has 0 saturated heterocycles. The molecular weight excluding hydrogens is 384 g/mol. The molecule has 0 atom stereocenters. The molecule has 0 radical (unpaired) electrons. The Kier molecular flexibility index (Phi) is 5.48. The minimum atomic E-state index is -3.81. The summed E-state index contributed by atoms with van der Waals surface area (Å²) in [5, 5.41) is 3.27. The van der Waals surface area contributed by atoms with E-state index in [1.54, 1.807) is 60.7 Å². The number of benzene rings is 3. The molecule has 3 rings (SSSR count). The molecule has 27 heavy (non-hydrogen) atoms. The third-order valence-corrected chi connectivity index (χ3v) is 5.53. The van der Waals surface area contributed by atoms with E-state index in [1.165, 1.54) is 12.1 Å². The molecule has 138 valence electrons. The monoisotopic (exact) mass is 400 g/mol. The Balaban J connectivity index is 1.90. The predicted molar refractivity (Wildman–Crippen MR) is 108 cm³/mol. The number of nitrogens with one attached hydrogen (secondary N) is 2. The zero-order chi connectivity index (χ0) is 19.4. The van der Waals surface area contributed by atoms with Gasteiger partial charge in [-0.3, -0.25) is 9.52 Å². The molecule has 0 unspecified atom stereocenters. The molecule has 0 spiro atoms. The van der Waals surface area contributed by atoms with Gasteiger partial charge in [-0.1, -0.05) is 48.0 Å². The minimum Gasteiger partial charge on any atom is -0.322 e. The lowest BCUT2D eigenvalue weighted by Gasteiger charge is -2.14. The van der Waals surface area contributed by atoms with Crippen LogP contribution >= 0.6 is 11.6 Å². The number of hydrogen-bond acceptors (Lipinski definition) is 3. The maximum atomic E-state index is 12.7. The van der Waals surface area contributed by atoms with Crippen molar-refractivity contribution in [2.45, 2.75) is 11.8 Å². The van der Waals surface area contributed by atoms with Gasteiger partial charge in [0.25, 0.3) is 15.9 Å². The lowest BCUT2D eigenvalue weighted by molar-refractivity contribution is 0.102. The fourth-order valence-electron chi connectivity index (χ4n) is 2.49. The van der Waals surface area contributed by atoms with E-state index < -0.39 is 15.9 Å². The van der Waals surface area contributed by atoms with E-state index in [-0.39, 0.29) is 16.1 Å². The van der Waals surface area contributed by atoms with Crippen LogP contribution in [0.25, 0.3) is 0 Å². The van der Waals surface area contributed by atoms with Crippen LogP contribution in [0.15, 0.2) is 77.7 Å². The summed E-state index contributed by atoms with van der Waals surface area (Å²) in [6.45, 7) is 1.84. The van der Waals surface area contributed by atoms with Crippen molar-refractivity contribution in [2.24, 2.45) is 0 Å². The van der Waals surface area contributed by atoms with Gasteiger partial charge in [0.1, 0.15) is 0 Å². The highest BCUT2D eigenvalue weighted by Gasteiger charge is 2.18. The third kappa shape index (κ3) is 4.48. The Morgan fingerprint density at radius 2 is 1.56 bits per heavy atom. The standard InChI is InChI=1S/C20H17ClN2O3S/c1-14-11-12-15(21)13-19(14)22-20(24)17-9-5-6-10-18(17)23-27(25,26)16-7-3-2-4-8-16/h2-13,23H,1H3,(H,22,24). The molecule has 7 heteroatoms. The van der Waals surface area contributed by atoms with Crippen molar-refractivity contribution in [3.8, 4) is 0 Å². The number of aryl methyl sites for hydroxylation is 1. The fraction of sp³-hybridized carbons (Fsp3) is 0.0500. The largest absolute Gasteiger partial charge is 0.322 e. The number of para-hydroxylation sites is 1. The van der Waals surface area contributed by atoms with Gasteiger partial charge in [0.05, 0.1) is 16.1 Å². The molecule has 0 aliphatic rings. The summed E-state index contributed by atoms with van der Waals surface area (Å²) in [6, 6.07) is 19.6. The number of carbonyl (C=O) groups excluding carboxylic acids is 1. The Labute approximate surface area is 163 Å². The zero-order valence-corrected chi connectivity index (χ0v) is 16.0. The first-order valence-corrected chi connectivity index (χ1v) is 9.97. The molecule has 0 bridgehead atoms. The van der Waals surface area contributed by atoms with E-state index >= 15 is 0 Å². The SMILES string of the molecule is Cc1ccc(Cl)cc1NC(=O)c1ccccc1NS(=O)(=O)c1ccccc1. The summed E-state index contributed by atoms with van der Waals surface area (Å²) >= 11 is 5.99. The van der Waals surface area contributed by atoms with Crippen molar-refractivity contribution >= 4 is 38.9 Å². The molecule has 1 amide bonds. The Morgan fingerprint density at radius 1 is 0.889 bits per heavy atom. The molecule has 0 aliphatic carbocycles. The van der Waals surface area contributed by atoms with E-state index in [0.29, 0.717) is 10.7 Å². The second-order valence-electron chi connectivity index (χ2n) is 5.88. The summed E-state index contributed by atoms with van der Waals surface area (Å²) in [6.07, 6.45) is 0. The highest BCUT2D eigenvalue weighted by molar-refractivity contribution is 7.92. The van der Waals surface area contributed by atoms with Gasteiger partial charge in [-0.05, 0) is 48.9 Å². The van der Waals surface area contributed by atoms with Gasteiger partial charge in [-0.25, -0.2) is 8.42 Å². The lowest BCUT2D eigenvalue weighted by Crippen LogP contribution is -2.19. The fourth-order valence-corrected chi connectivity index (χ4v) is 3.76. The van der Waals surface area contributed by atoms with Gasteiger partial charge < -0.3 is 5.32 Å². The van der Waals surface area contributed by atoms with E-state index in [2.05, 4.69) is 10.0 Å². The van der Waals surface area contributed by atoms with Gasteiger partial charge in [0, 0.05) is 10.7 Å². The summed E-state index contributed by atoms with van der Waals surface area (Å²) in [5.41, 5.74) is 1.80. The molecule has 3 aromatic rings. The molecule has 2 N–H and O–H groups in total. The van der Waals surface area contributed by atoms with Crippen LogP contribution in [0, 0.1) is 6.92 Å². The van der Waals surface area contributed by atoms with Gasteiger partial charge in [-0.2, -0.15) is 0 Å². The molecule has 5 nitrogen and oxygen atoms in total. The van der Waals surface area contributed by atoms with Crippen molar-refractivity contribution in [2.75, 3.05) is 10.0 Å². The average molecular weight is 401 g/mol. The van der Waals surface area contributed by atoms with Crippen LogP contribution in [0.2, 0.25) is 5.02 Å². The second-order valence-corrected chi connectivity index (χ2v) is 8.00. The summed E-state index contributed by atoms with van der Waals surface area (Å²) < 4.78 is 27.6. The molecule has 0 heterocycles. The first kappa shape index (κ1) is 18.9. The Bertz CT molecular complexity index is 1080. The molecule has 0 aromatic heterocycles. The molecule has 0 saturated carbocycles. The van der Waals surface area contributed by atoms with E-state index in [1.807, 2.05) is 6.92 Å². The highest BCUT2D eigenvalue weighted by Crippen LogP contribution is 2.24.